The van der Waals surface area contributed by atoms with Crippen molar-refractivity contribution in [2.24, 2.45) is 0 Å². The molecule has 1 aromatic heterocycles. The molecule has 0 unspecified atom stereocenters. The Morgan fingerprint density at radius 3 is 2.20 bits per heavy atom. The Balaban J connectivity index is 1.67. The number of halogens is 1. The highest BCUT2D eigenvalue weighted by atomic mass is 19.1. The number of nitriles is 1. The lowest BCUT2D eigenvalue weighted by Gasteiger charge is -2.24. The van der Waals surface area contributed by atoms with Crippen LogP contribution in [0.4, 0.5) is 15.8 Å². The number of aromatic nitrogens is 1. The molecule has 6 nitrogen and oxygen atoms in total. The van der Waals surface area contributed by atoms with E-state index in [1.165, 1.54) is 39.9 Å². The first kappa shape index (κ1) is 21.9. The van der Waals surface area contributed by atoms with E-state index in [9.17, 15) is 24.3 Å². The number of hydrogen-bond donors (Lipinski definition) is 1. The number of anilines is 2. The molecule has 2 heterocycles. The van der Waals surface area contributed by atoms with Gasteiger partial charge >= 0.3 is 5.97 Å². The third kappa shape index (κ3) is 3.98. The van der Waals surface area contributed by atoms with Gasteiger partial charge in [0.15, 0.2) is 0 Å². The molecule has 35 heavy (non-hydrogen) atoms. The summed E-state index contributed by atoms with van der Waals surface area (Å²) in [5, 5.41) is 19.6. The van der Waals surface area contributed by atoms with Crippen LogP contribution in [0.25, 0.3) is 29.1 Å². The zero-order valence-electron chi connectivity index (χ0n) is 18.4. The number of hydrogen-bond acceptors (Lipinski definition) is 3. The number of rotatable bonds is 4. The Kier molecular flexibility index (Phi) is 5.47. The third-order valence-electron chi connectivity index (χ3n) is 5.83. The van der Waals surface area contributed by atoms with Crippen LogP contribution in [-0.4, -0.2) is 21.6 Å². The fourth-order valence-electron chi connectivity index (χ4n) is 4.30. The molecule has 0 radical (unpaired) electrons. The number of carbonyl (C=O) groups is 2. The number of carbonyl (C=O) groups excluding carboxylic acids is 1. The second-order valence-electron chi connectivity index (χ2n) is 8.03. The summed E-state index contributed by atoms with van der Waals surface area (Å²) in [6, 6.07) is 20.7. The average Bonchev–Trinajstić information content (AvgIpc) is 3.07. The van der Waals surface area contributed by atoms with Crippen LogP contribution in [-0.2, 0) is 16.1 Å². The lowest BCUT2D eigenvalue weighted by Crippen LogP contribution is -2.28. The Hall–Kier alpha value is -4.96. The fraction of sp³-hybridized carbons (Fsp3) is 0.0357. The molecule has 4 aromatic rings. The SMILES string of the molecule is N#C/C(=C\c1cn(CC(=O)O)c2ccc(F)cc12)C(=O)N1c2ccccc2C=Cc2ccccc21. The van der Waals surface area contributed by atoms with Crippen molar-refractivity contribution in [1.82, 2.24) is 4.57 Å². The van der Waals surface area contributed by atoms with Crippen LogP contribution in [0.1, 0.15) is 16.7 Å². The van der Waals surface area contributed by atoms with Gasteiger partial charge < -0.3 is 9.67 Å². The van der Waals surface area contributed by atoms with Crippen molar-refractivity contribution >= 4 is 52.4 Å². The number of amides is 1. The number of benzene rings is 3. The van der Waals surface area contributed by atoms with E-state index in [2.05, 4.69) is 0 Å². The van der Waals surface area contributed by atoms with Crippen LogP contribution in [0.15, 0.2) is 78.5 Å². The summed E-state index contributed by atoms with van der Waals surface area (Å²) < 4.78 is 15.5. The zero-order valence-corrected chi connectivity index (χ0v) is 18.4. The van der Waals surface area contributed by atoms with Gasteiger partial charge in [0, 0.05) is 22.7 Å². The van der Waals surface area contributed by atoms with E-state index in [0.717, 1.165) is 11.1 Å². The average molecular weight is 463 g/mol. The highest BCUT2D eigenvalue weighted by Gasteiger charge is 2.27. The molecule has 0 bridgehead atoms. The van der Waals surface area contributed by atoms with Crippen molar-refractivity contribution in [3.8, 4) is 6.07 Å². The van der Waals surface area contributed by atoms with Gasteiger partial charge in [0.25, 0.3) is 5.91 Å². The molecule has 0 aliphatic carbocycles. The molecule has 0 saturated carbocycles. The van der Waals surface area contributed by atoms with Gasteiger partial charge in [0.2, 0.25) is 0 Å². The summed E-state index contributed by atoms with van der Waals surface area (Å²) in [6.07, 6.45) is 6.72. The molecular formula is C28H18FN3O3. The monoisotopic (exact) mass is 463 g/mol. The fourth-order valence-corrected chi connectivity index (χ4v) is 4.30. The number of fused-ring (bicyclic) bond motifs is 3. The predicted molar refractivity (Wildman–Crippen MR) is 132 cm³/mol. The number of carboxylic acids is 1. The Morgan fingerprint density at radius 1 is 0.971 bits per heavy atom. The molecule has 5 rings (SSSR count). The summed E-state index contributed by atoms with van der Waals surface area (Å²) in [4.78, 5) is 26.6. The number of nitrogens with zero attached hydrogens (tertiary/aromatic N) is 3. The van der Waals surface area contributed by atoms with Gasteiger partial charge in [0.05, 0.1) is 11.4 Å². The molecule has 0 atom stereocenters. The van der Waals surface area contributed by atoms with Crippen molar-refractivity contribution in [3.63, 3.8) is 0 Å². The first-order valence-corrected chi connectivity index (χ1v) is 10.8. The molecular weight excluding hydrogens is 445 g/mol. The minimum absolute atomic E-state index is 0.171. The normalized spacial score (nSPS) is 12.6. The number of aliphatic carboxylic acids is 1. The van der Waals surface area contributed by atoms with Gasteiger partial charge in [-0.05, 0) is 47.5 Å². The van der Waals surface area contributed by atoms with Crippen LogP contribution < -0.4 is 4.90 Å². The van der Waals surface area contributed by atoms with Gasteiger partial charge in [-0.25, -0.2) is 4.39 Å². The van der Waals surface area contributed by atoms with Gasteiger partial charge in [-0.1, -0.05) is 48.6 Å². The van der Waals surface area contributed by atoms with E-state index >= 15 is 0 Å². The molecule has 170 valence electrons. The minimum Gasteiger partial charge on any atom is -0.480 e. The third-order valence-corrected chi connectivity index (χ3v) is 5.83. The lowest BCUT2D eigenvalue weighted by molar-refractivity contribution is -0.137. The molecule has 1 aliphatic heterocycles. The van der Waals surface area contributed by atoms with Crippen molar-refractivity contribution in [1.29, 1.82) is 5.26 Å². The van der Waals surface area contributed by atoms with Gasteiger partial charge in [-0.3, -0.25) is 14.5 Å². The molecule has 1 N–H and O–H groups in total. The van der Waals surface area contributed by atoms with Gasteiger partial charge in [-0.15, -0.1) is 0 Å². The zero-order chi connectivity index (χ0) is 24.5. The van der Waals surface area contributed by atoms with E-state index in [4.69, 9.17) is 0 Å². The molecule has 3 aromatic carbocycles. The summed E-state index contributed by atoms with van der Waals surface area (Å²) >= 11 is 0. The predicted octanol–water partition coefficient (Wildman–Crippen LogP) is 5.62. The van der Waals surface area contributed by atoms with E-state index in [1.54, 1.807) is 0 Å². The lowest BCUT2D eigenvalue weighted by atomic mass is 10.1. The van der Waals surface area contributed by atoms with E-state index in [-0.39, 0.29) is 12.1 Å². The summed E-state index contributed by atoms with van der Waals surface area (Å²) in [5.74, 6) is -2.12. The Bertz CT molecular complexity index is 1560. The smallest absolute Gasteiger partial charge is 0.323 e. The highest BCUT2D eigenvalue weighted by Crippen LogP contribution is 2.37. The van der Waals surface area contributed by atoms with E-state index < -0.39 is 17.7 Å². The summed E-state index contributed by atoms with van der Waals surface area (Å²) in [5.41, 5.74) is 3.57. The topological polar surface area (TPSA) is 86.3 Å². The highest BCUT2D eigenvalue weighted by molar-refractivity contribution is 6.18. The second kappa shape index (κ2) is 8.76. The molecule has 1 amide bonds. The second-order valence-corrected chi connectivity index (χ2v) is 8.03. The maximum absolute atomic E-state index is 14.0. The molecule has 0 saturated heterocycles. The van der Waals surface area contributed by atoms with Gasteiger partial charge in [-0.2, -0.15) is 5.26 Å². The number of carboxylic acid groups (broad SMARTS) is 1. The molecule has 7 heteroatoms. The van der Waals surface area contributed by atoms with Crippen molar-refractivity contribution < 1.29 is 19.1 Å². The van der Waals surface area contributed by atoms with Crippen LogP contribution in [0, 0.1) is 17.1 Å². The van der Waals surface area contributed by atoms with E-state index in [0.29, 0.717) is 27.8 Å². The quantitative estimate of drug-likeness (QED) is 0.314. The maximum atomic E-state index is 14.0. The molecule has 0 fully saturated rings. The van der Waals surface area contributed by atoms with E-state index in [1.807, 2.05) is 66.8 Å². The number of para-hydroxylation sites is 2. The first-order chi connectivity index (χ1) is 17.0. The maximum Gasteiger partial charge on any atom is 0.323 e. The minimum atomic E-state index is -1.07. The first-order valence-electron chi connectivity index (χ1n) is 10.8. The van der Waals surface area contributed by atoms with Crippen LogP contribution in [0.3, 0.4) is 0 Å². The van der Waals surface area contributed by atoms with Crippen molar-refractivity contribution in [2.45, 2.75) is 6.54 Å². The van der Waals surface area contributed by atoms with Crippen molar-refractivity contribution in [3.05, 3.63) is 101 Å². The standard InChI is InChI=1S/C28H18FN3O3/c29-22-11-12-26-23(14-22)21(16-31(26)17-27(33)34)13-20(15-30)28(35)32-24-7-3-1-5-18(24)9-10-19-6-2-4-8-25(19)32/h1-14,16H,17H2,(H,33,34)/b20-13+. The van der Waals surface area contributed by atoms with Crippen molar-refractivity contribution in [2.75, 3.05) is 4.90 Å². The summed E-state index contributed by atoms with van der Waals surface area (Å²) in [6.45, 7) is -0.343. The Labute approximate surface area is 200 Å². The van der Waals surface area contributed by atoms with Crippen LogP contribution in [0.2, 0.25) is 0 Å². The van der Waals surface area contributed by atoms with Gasteiger partial charge in [0.1, 0.15) is 24.0 Å². The molecule has 0 spiro atoms. The molecule has 1 aliphatic rings. The van der Waals surface area contributed by atoms with Crippen LogP contribution in [0.5, 0.6) is 0 Å². The summed E-state index contributed by atoms with van der Waals surface area (Å²) in [7, 11) is 0. The Morgan fingerprint density at radius 2 is 1.60 bits per heavy atom. The largest absolute Gasteiger partial charge is 0.480 e. The van der Waals surface area contributed by atoms with Crippen LogP contribution >= 0.6 is 0 Å².